The molecule has 0 fully saturated rings. The number of carbonyl (C=O) groups excluding carboxylic acids is 1. The second-order valence-corrected chi connectivity index (χ2v) is 6.23. The van der Waals surface area contributed by atoms with Gasteiger partial charge in [0.15, 0.2) is 0 Å². The topological polar surface area (TPSA) is 54.3 Å². The van der Waals surface area contributed by atoms with Crippen molar-refractivity contribution in [3.05, 3.63) is 54.0 Å². The minimum absolute atomic E-state index is 0.135. The minimum atomic E-state index is -4.29. The van der Waals surface area contributed by atoms with E-state index in [0.717, 1.165) is 5.56 Å². The van der Waals surface area contributed by atoms with Gasteiger partial charge in [-0.3, -0.25) is 4.79 Å². The normalized spacial score (nSPS) is 12.8. The van der Waals surface area contributed by atoms with E-state index >= 15 is 0 Å². The highest BCUT2D eigenvalue weighted by Gasteiger charge is 2.28. The van der Waals surface area contributed by atoms with Gasteiger partial charge in [-0.15, -0.1) is 0 Å². The van der Waals surface area contributed by atoms with Crippen LogP contribution in [0.25, 0.3) is 0 Å². The molecule has 0 saturated heterocycles. The van der Waals surface area contributed by atoms with Gasteiger partial charge in [0.05, 0.1) is 18.8 Å². The van der Waals surface area contributed by atoms with Gasteiger partial charge in [-0.25, -0.2) is 0 Å². The summed E-state index contributed by atoms with van der Waals surface area (Å²) >= 11 is -0.149. The monoisotopic (exact) mass is 358 g/mol. The molecule has 2 N–H and O–H groups in total. The average molecular weight is 358 g/mol. The molecule has 0 bridgehead atoms. The number of benzene rings is 1. The van der Waals surface area contributed by atoms with Crippen molar-refractivity contribution in [1.29, 1.82) is 0 Å². The summed E-state index contributed by atoms with van der Waals surface area (Å²) in [7, 11) is 0. The molecular weight excluding hydrogens is 341 g/mol. The Morgan fingerprint density at radius 3 is 2.50 bits per heavy atom. The van der Waals surface area contributed by atoms with Gasteiger partial charge in [0.25, 0.3) is 0 Å². The molecule has 1 aromatic carbocycles. The Bertz CT molecular complexity index is 642. The van der Waals surface area contributed by atoms with Crippen LogP contribution in [-0.2, 0) is 17.9 Å². The number of carbonyl (C=O) groups is 1. The molecule has 1 amide bonds. The third kappa shape index (κ3) is 6.29. The second kappa shape index (κ2) is 8.25. The van der Waals surface area contributed by atoms with Crippen molar-refractivity contribution >= 4 is 17.7 Å². The van der Waals surface area contributed by atoms with Gasteiger partial charge in [0.1, 0.15) is 5.76 Å². The van der Waals surface area contributed by atoms with Crippen LogP contribution in [0.2, 0.25) is 0 Å². The zero-order chi connectivity index (χ0) is 17.6. The summed E-state index contributed by atoms with van der Waals surface area (Å²) in [6.45, 7) is 2.40. The van der Waals surface area contributed by atoms with Crippen molar-refractivity contribution in [2.45, 2.75) is 36.5 Å². The first-order chi connectivity index (χ1) is 11.3. The van der Waals surface area contributed by atoms with Crippen LogP contribution in [0.15, 0.2) is 52.0 Å². The lowest BCUT2D eigenvalue weighted by atomic mass is 10.2. The van der Waals surface area contributed by atoms with Crippen molar-refractivity contribution in [2.24, 2.45) is 0 Å². The zero-order valence-corrected chi connectivity index (χ0v) is 13.7. The predicted octanol–water partition coefficient (Wildman–Crippen LogP) is 3.69. The molecule has 8 heteroatoms. The van der Waals surface area contributed by atoms with E-state index in [1.54, 1.807) is 31.2 Å². The molecular formula is C16H17F3N2O2S. The summed E-state index contributed by atoms with van der Waals surface area (Å²) in [4.78, 5) is 12.1. The smallest absolute Gasteiger partial charge is 0.446 e. The number of furan rings is 1. The number of nitrogens with one attached hydrogen (secondary N) is 2. The largest absolute Gasteiger partial charge is 0.467 e. The van der Waals surface area contributed by atoms with Gasteiger partial charge < -0.3 is 15.1 Å². The molecule has 2 rings (SSSR count). The molecule has 0 aliphatic heterocycles. The molecule has 130 valence electrons. The Labute approximate surface area is 141 Å². The lowest BCUT2D eigenvalue weighted by Gasteiger charge is -2.14. The maximum atomic E-state index is 12.3. The Hall–Kier alpha value is -1.93. The summed E-state index contributed by atoms with van der Waals surface area (Å²) in [6.07, 6.45) is 1.53. The van der Waals surface area contributed by atoms with Crippen molar-refractivity contribution in [2.75, 3.05) is 0 Å². The third-order valence-corrected chi connectivity index (χ3v) is 3.92. The highest BCUT2D eigenvalue weighted by Crippen LogP contribution is 2.36. The Kier molecular flexibility index (Phi) is 6.33. The number of thioether (sulfide) groups is 1. The number of alkyl halides is 3. The fraction of sp³-hybridized carbons (Fsp3) is 0.312. The summed E-state index contributed by atoms with van der Waals surface area (Å²) in [5, 5.41) is 5.76. The van der Waals surface area contributed by atoms with E-state index in [-0.39, 0.29) is 22.6 Å². The highest BCUT2D eigenvalue weighted by atomic mass is 32.2. The van der Waals surface area contributed by atoms with Crippen LogP contribution in [0.5, 0.6) is 0 Å². The fourth-order valence-corrected chi connectivity index (χ4v) is 2.45. The van der Waals surface area contributed by atoms with E-state index in [4.69, 9.17) is 4.42 Å². The van der Waals surface area contributed by atoms with E-state index in [0.29, 0.717) is 18.8 Å². The maximum absolute atomic E-state index is 12.3. The molecule has 0 spiro atoms. The Morgan fingerprint density at radius 2 is 1.92 bits per heavy atom. The fourth-order valence-electron chi connectivity index (χ4n) is 1.91. The van der Waals surface area contributed by atoms with Crippen LogP contribution in [0.3, 0.4) is 0 Å². The first kappa shape index (κ1) is 18.4. The second-order valence-electron chi connectivity index (χ2n) is 5.09. The number of rotatable bonds is 7. The number of amides is 1. The van der Waals surface area contributed by atoms with Gasteiger partial charge in [-0.2, -0.15) is 13.2 Å². The Balaban J connectivity index is 1.76. The van der Waals surface area contributed by atoms with Gasteiger partial charge >= 0.3 is 5.51 Å². The van der Waals surface area contributed by atoms with Crippen LogP contribution < -0.4 is 10.6 Å². The molecule has 1 aromatic heterocycles. The summed E-state index contributed by atoms with van der Waals surface area (Å²) in [5.41, 5.74) is -3.49. The summed E-state index contributed by atoms with van der Waals surface area (Å²) in [5.74, 6) is 0.476. The molecule has 1 heterocycles. The molecule has 4 nitrogen and oxygen atoms in total. The number of hydrogen-bond acceptors (Lipinski definition) is 4. The molecule has 0 saturated carbocycles. The minimum Gasteiger partial charge on any atom is -0.467 e. The first-order valence-corrected chi connectivity index (χ1v) is 8.03. The standard InChI is InChI=1S/C16H17F3N2O2S/c1-11(15(22)21-10-13-3-2-8-23-13)20-9-12-4-6-14(7-5-12)24-16(17,18)19/h2-8,11,20H,9-10H2,1H3,(H,21,22). The zero-order valence-electron chi connectivity index (χ0n) is 12.9. The lowest BCUT2D eigenvalue weighted by Crippen LogP contribution is -2.41. The van der Waals surface area contributed by atoms with Gasteiger partial charge in [-0.1, -0.05) is 12.1 Å². The van der Waals surface area contributed by atoms with E-state index in [2.05, 4.69) is 10.6 Å². The third-order valence-electron chi connectivity index (χ3n) is 3.18. The summed E-state index contributed by atoms with van der Waals surface area (Å²) < 4.78 is 41.9. The Morgan fingerprint density at radius 1 is 1.21 bits per heavy atom. The number of halogens is 3. The maximum Gasteiger partial charge on any atom is 0.446 e. The number of hydrogen-bond donors (Lipinski definition) is 2. The highest BCUT2D eigenvalue weighted by molar-refractivity contribution is 8.00. The van der Waals surface area contributed by atoms with Crippen molar-refractivity contribution in [3.63, 3.8) is 0 Å². The van der Waals surface area contributed by atoms with E-state index < -0.39 is 11.6 Å². The molecule has 24 heavy (non-hydrogen) atoms. The van der Waals surface area contributed by atoms with E-state index in [1.807, 2.05) is 0 Å². The average Bonchev–Trinajstić information content (AvgIpc) is 3.03. The van der Waals surface area contributed by atoms with Gasteiger partial charge in [0.2, 0.25) is 5.91 Å². The first-order valence-electron chi connectivity index (χ1n) is 7.21. The van der Waals surface area contributed by atoms with Gasteiger partial charge in [-0.05, 0) is 48.5 Å². The van der Waals surface area contributed by atoms with Crippen molar-refractivity contribution in [3.8, 4) is 0 Å². The van der Waals surface area contributed by atoms with Crippen molar-refractivity contribution < 1.29 is 22.4 Å². The van der Waals surface area contributed by atoms with E-state index in [9.17, 15) is 18.0 Å². The van der Waals surface area contributed by atoms with Crippen LogP contribution >= 0.6 is 11.8 Å². The van der Waals surface area contributed by atoms with Crippen LogP contribution in [0.1, 0.15) is 18.2 Å². The van der Waals surface area contributed by atoms with Crippen LogP contribution in [-0.4, -0.2) is 17.5 Å². The van der Waals surface area contributed by atoms with E-state index in [1.165, 1.54) is 18.4 Å². The molecule has 1 atom stereocenters. The molecule has 0 aliphatic rings. The van der Waals surface area contributed by atoms with Crippen LogP contribution in [0.4, 0.5) is 13.2 Å². The van der Waals surface area contributed by atoms with Gasteiger partial charge in [0, 0.05) is 11.4 Å². The predicted molar refractivity (Wildman–Crippen MR) is 85.2 cm³/mol. The lowest BCUT2D eigenvalue weighted by molar-refractivity contribution is -0.123. The molecule has 0 radical (unpaired) electrons. The molecule has 2 aromatic rings. The van der Waals surface area contributed by atoms with Crippen molar-refractivity contribution in [1.82, 2.24) is 10.6 Å². The summed E-state index contributed by atoms with van der Waals surface area (Å²) in [6, 6.07) is 9.10. The SMILES string of the molecule is CC(NCc1ccc(SC(F)(F)F)cc1)C(=O)NCc1ccco1. The molecule has 0 aliphatic carbocycles. The van der Waals surface area contributed by atoms with Crippen LogP contribution in [0, 0.1) is 0 Å². The molecule has 1 unspecified atom stereocenters. The quantitative estimate of drug-likeness (QED) is 0.742.